The lowest BCUT2D eigenvalue weighted by Crippen LogP contribution is -2.32. The molecule has 1 aromatic carbocycles. The summed E-state index contributed by atoms with van der Waals surface area (Å²) in [5, 5.41) is 10.2. The zero-order valence-electron chi connectivity index (χ0n) is 11.8. The Bertz CT molecular complexity index is 534. The van der Waals surface area contributed by atoms with E-state index in [0.717, 1.165) is 36.3 Å². The molecule has 1 aliphatic heterocycles. The van der Waals surface area contributed by atoms with E-state index in [1.165, 1.54) is 0 Å². The molecule has 1 saturated carbocycles. The zero-order valence-corrected chi connectivity index (χ0v) is 13.4. The molecule has 2 fully saturated rings. The van der Waals surface area contributed by atoms with Gasteiger partial charge in [0.15, 0.2) is 0 Å². The van der Waals surface area contributed by atoms with Crippen LogP contribution in [0.4, 0.5) is 0 Å². The summed E-state index contributed by atoms with van der Waals surface area (Å²) in [6.45, 7) is 0. The number of carboxylic acid groups (broad SMARTS) is 1. The zero-order chi connectivity index (χ0) is 14.9. The smallest absolute Gasteiger partial charge is 0.314 e. The number of halogens is 1. The number of ether oxygens (including phenoxy) is 1. The Labute approximate surface area is 134 Å². The van der Waals surface area contributed by atoms with Crippen LogP contribution in [-0.2, 0) is 10.2 Å². The summed E-state index contributed by atoms with van der Waals surface area (Å²) in [5.41, 5.74) is 0.0522. The van der Waals surface area contributed by atoms with Crippen molar-refractivity contribution >= 4 is 29.3 Å². The predicted molar refractivity (Wildman–Crippen MR) is 85.6 cm³/mol. The van der Waals surface area contributed by atoms with E-state index in [4.69, 9.17) is 16.3 Å². The second-order valence-corrected chi connectivity index (χ2v) is 7.40. The Balaban J connectivity index is 1.84. The molecule has 1 atom stereocenters. The van der Waals surface area contributed by atoms with E-state index in [0.29, 0.717) is 23.6 Å². The minimum absolute atomic E-state index is 0.221. The fraction of sp³-hybridized carbons (Fsp3) is 0.562. The lowest BCUT2D eigenvalue weighted by molar-refractivity contribution is -0.143. The maximum Gasteiger partial charge on any atom is 0.314 e. The molecule has 0 bridgehead atoms. The van der Waals surface area contributed by atoms with E-state index in [-0.39, 0.29) is 6.10 Å². The minimum Gasteiger partial charge on any atom is -0.488 e. The molecule has 1 heterocycles. The average Bonchev–Trinajstić information content (AvgIpc) is 3.12. The van der Waals surface area contributed by atoms with Crippen molar-refractivity contribution in [3.8, 4) is 5.75 Å². The molecule has 1 saturated heterocycles. The van der Waals surface area contributed by atoms with Gasteiger partial charge in [0.05, 0.1) is 10.4 Å². The van der Waals surface area contributed by atoms with E-state index in [9.17, 15) is 9.90 Å². The number of thioether (sulfide) groups is 1. The first-order valence-electron chi connectivity index (χ1n) is 7.40. The summed E-state index contributed by atoms with van der Waals surface area (Å²) < 4.78 is 5.92. The van der Waals surface area contributed by atoms with Crippen LogP contribution in [0.15, 0.2) is 18.2 Å². The van der Waals surface area contributed by atoms with Crippen LogP contribution in [0.1, 0.15) is 37.7 Å². The summed E-state index contributed by atoms with van der Waals surface area (Å²) >= 11 is 8.22. The summed E-state index contributed by atoms with van der Waals surface area (Å²) in [5.74, 6) is 2.06. The average molecular weight is 327 g/mol. The molecule has 1 aliphatic carbocycles. The van der Waals surface area contributed by atoms with E-state index < -0.39 is 11.4 Å². The Morgan fingerprint density at radius 1 is 1.38 bits per heavy atom. The molecular weight excluding hydrogens is 308 g/mol. The Morgan fingerprint density at radius 2 is 2.14 bits per heavy atom. The molecule has 0 aromatic heterocycles. The van der Waals surface area contributed by atoms with Gasteiger partial charge in [0.2, 0.25) is 0 Å². The van der Waals surface area contributed by atoms with Crippen molar-refractivity contribution in [2.45, 2.75) is 43.6 Å². The van der Waals surface area contributed by atoms with Crippen molar-refractivity contribution in [3.05, 3.63) is 28.8 Å². The predicted octanol–water partition coefficient (Wildman–Crippen LogP) is 4.12. The lowest BCUT2D eigenvalue weighted by atomic mass is 9.79. The number of benzene rings is 1. The van der Waals surface area contributed by atoms with Crippen molar-refractivity contribution in [1.82, 2.24) is 0 Å². The number of carbonyl (C=O) groups is 1. The number of hydrogen-bond donors (Lipinski definition) is 1. The van der Waals surface area contributed by atoms with Gasteiger partial charge in [-0.3, -0.25) is 4.79 Å². The van der Waals surface area contributed by atoms with Crippen LogP contribution in [0.3, 0.4) is 0 Å². The minimum atomic E-state index is -0.759. The van der Waals surface area contributed by atoms with Crippen LogP contribution < -0.4 is 4.74 Å². The maximum absolute atomic E-state index is 11.7. The van der Waals surface area contributed by atoms with Crippen LogP contribution in [-0.4, -0.2) is 28.7 Å². The highest BCUT2D eigenvalue weighted by atomic mass is 35.5. The molecule has 5 heteroatoms. The van der Waals surface area contributed by atoms with Gasteiger partial charge in [0.1, 0.15) is 11.9 Å². The molecule has 1 aromatic rings. The summed E-state index contributed by atoms with van der Waals surface area (Å²) in [6.07, 6.45) is 4.57. The van der Waals surface area contributed by atoms with Crippen LogP contribution in [0.25, 0.3) is 0 Å². The lowest BCUT2D eigenvalue weighted by Gasteiger charge is -2.25. The monoisotopic (exact) mass is 326 g/mol. The molecule has 0 amide bonds. The van der Waals surface area contributed by atoms with Crippen LogP contribution in [0.2, 0.25) is 5.02 Å². The van der Waals surface area contributed by atoms with Gasteiger partial charge >= 0.3 is 5.97 Å². The largest absolute Gasteiger partial charge is 0.488 e. The molecule has 0 radical (unpaired) electrons. The summed E-state index contributed by atoms with van der Waals surface area (Å²) in [4.78, 5) is 11.7. The highest BCUT2D eigenvalue weighted by molar-refractivity contribution is 7.99. The third kappa shape index (κ3) is 2.88. The number of hydrogen-bond acceptors (Lipinski definition) is 3. The summed E-state index contributed by atoms with van der Waals surface area (Å²) in [7, 11) is 0. The van der Waals surface area contributed by atoms with Crippen molar-refractivity contribution in [3.63, 3.8) is 0 Å². The molecule has 21 heavy (non-hydrogen) atoms. The van der Waals surface area contributed by atoms with Gasteiger partial charge in [0.25, 0.3) is 0 Å². The molecule has 3 nitrogen and oxygen atoms in total. The molecule has 1 unspecified atom stereocenters. The van der Waals surface area contributed by atoms with Crippen LogP contribution in [0, 0.1) is 0 Å². The molecule has 2 aliphatic rings. The fourth-order valence-electron chi connectivity index (χ4n) is 3.28. The number of carboxylic acids is 1. The number of rotatable bonds is 4. The van der Waals surface area contributed by atoms with Crippen LogP contribution >= 0.6 is 23.4 Å². The fourth-order valence-corrected chi connectivity index (χ4v) is 4.60. The van der Waals surface area contributed by atoms with Gasteiger partial charge in [-0.15, -0.1) is 0 Å². The molecular formula is C16H19ClO3S. The number of aliphatic carboxylic acids is 1. The second kappa shape index (κ2) is 6.09. The van der Waals surface area contributed by atoms with Crippen molar-refractivity contribution in [2.24, 2.45) is 0 Å². The molecule has 3 rings (SSSR count). The van der Waals surface area contributed by atoms with E-state index >= 15 is 0 Å². The van der Waals surface area contributed by atoms with Crippen LogP contribution in [0.5, 0.6) is 5.75 Å². The van der Waals surface area contributed by atoms with Gasteiger partial charge in [-0.1, -0.05) is 30.5 Å². The van der Waals surface area contributed by atoms with Gasteiger partial charge in [-0.25, -0.2) is 0 Å². The quantitative estimate of drug-likeness (QED) is 0.904. The highest BCUT2D eigenvalue weighted by Crippen LogP contribution is 2.43. The first-order chi connectivity index (χ1) is 10.1. The third-order valence-corrected chi connectivity index (χ3v) is 5.96. The van der Waals surface area contributed by atoms with Gasteiger partial charge in [-0.05, 0) is 42.7 Å². The first-order valence-corrected chi connectivity index (χ1v) is 8.93. The van der Waals surface area contributed by atoms with E-state index in [1.54, 1.807) is 6.07 Å². The van der Waals surface area contributed by atoms with Gasteiger partial charge < -0.3 is 9.84 Å². The van der Waals surface area contributed by atoms with Crippen molar-refractivity contribution < 1.29 is 14.6 Å². The normalized spacial score (nSPS) is 24.1. The third-order valence-electron chi connectivity index (χ3n) is 4.53. The van der Waals surface area contributed by atoms with E-state index in [1.807, 2.05) is 23.9 Å². The molecule has 0 spiro atoms. The highest BCUT2D eigenvalue weighted by Gasteiger charge is 2.43. The molecule has 1 N–H and O–H groups in total. The topological polar surface area (TPSA) is 46.5 Å². The van der Waals surface area contributed by atoms with E-state index in [2.05, 4.69) is 0 Å². The van der Waals surface area contributed by atoms with Crippen molar-refractivity contribution in [1.29, 1.82) is 0 Å². The standard InChI is InChI=1S/C16H19ClO3S/c17-13-9-11(16(15(18)19)6-1-2-7-16)3-4-14(13)20-12-5-8-21-10-12/h3-4,9,12H,1-2,5-8,10H2,(H,18,19). The van der Waals surface area contributed by atoms with Gasteiger partial charge in [-0.2, -0.15) is 11.8 Å². The Morgan fingerprint density at radius 3 is 2.71 bits per heavy atom. The first kappa shape index (κ1) is 15.0. The SMILES string of the molecule is O=C(O)C1(c2ccc(OC3CCSC3)c(Cl)c2)CCCC1. The Hall–Kier alpha value is -0.870. The second-order valence-electron chi connectivity index (χ2n) is 5.84. The summed E-state index contributed by atoms with van der Waals surface area (Å²) in [6, 6.07) is 5.50. The maximum atomic E-state index is 11.7. The Kier molecular flexibility index (Phi) is 4.36. The molecule has 114 valence electrons. The van der Waals surface area contributed by atoms with Gasteiger partial charge in [0, 0.05) is 5.75 Å². The van der Waals surface area contributed by atoms with Crippen molar-refractivity contribution in [2.75, 3.05) is 11.5 Å².